The number of fused-ring (bicyclic) bond motifs is 1. The number of likely N-dealkylation sites (tertiary alicyclic amines) is 1. The van der Waals surface area contributed by atoms with Gasteiger partial charge in [0.05, 0.1) is 5.69 Å². The molecule has 3 heterocycles. The highest BCUT2D eigenvalue weighted by Gasteiger charge is 2.31. The predicted octanol–water partition coefficient (Wildman–Crippen LogP) is 2.67. The number of aromatic nitrogens is 3. The van der Waals surface area contributed by atoms with Crippen molar-refractivity contribution in [1.82, 2.24) is 24.8 Å². The number of amides is 1. The molecule has 0 unspecified atom stereocenters. The van der Waals surface area contributed by atoms with Crippen LogP contribution in [0, 0.1) is 12.8 Å². The monoisotopic (exact) mass is 343 g/mol. The second kappa shape index (κ2) is 7.12. The van der Waals surface area contributed by atoms with Crippen molar-refractivity contribution in [3.05, 3.63) is 29.7 Å². The topological polar surface area (TPSA) is 62.5 Å². The van der Waals surface area contributed by atoms with E-state index >= 15 is 0 Å². The summed E-state index contributed by atoms with van der Waals surface area (Å²) in [6, 6.07) is 1.81. The smallest absolute Gasteiger partial charge is 0.257 e. The van der Waals surface area contributed by atoms with Crippen LogP contribution < -0.4 is 5.32 Å². The lowest BCUT2D eigenvalue weighted by Gasteiger charge is -2.43. The van der Waals surface area contributed by atoms with Gasteiger partial charge in [0.25, 0.3) is 5.91 Å². The molecule has 0 aromatic carbocycles. The van der Waals surface area contributed by atoms with Crippen molar-refractivity contribution in [2.24, 2.45) is 5.92 Å². The third-order valence-corrected chi connectivity index (χ3v) is 5.43. The Hall–Kier alpha value is -1.95. The van der Waals surface area contributed by atoms with Crippen molar-refractivity contribution in [3.63, 3.8) is 0 Å². The minimum atomic E-state index is -0.0941. The summed E-state index contributed by atoms with van der Waals surface area (Å²) in [5.74, 6) is 0.679. The maximum Gasteiger partial charge on any atom is 0.257 e. The molecule has 1 atom stereocenters. The summed E-state index contributed by atoms with van der Waals surface area (Å²) >= 11 is 0. The van der Waals surface area contributed by atoms with Crippen LogP contribution in [0.25, 0.3) is 5.65 Å². The maximum atomic E-state index is 12.8. The van der Waals surface area contributed by atoms with Crippen molar-refractivity contribution in [2.45, 2.75) is 52.5 Å². The van der Waals surface area contributed by atoms with Crippen molar-refractivity contribution >= 4 is 11.6 Å². The minimum Gasteiger partial charge on any atom is -0.350 e. The number of hydrogen-bond donors (Lipinski definition) is 1. The maximum absolute atomic E-state index is 12.8. The van der Waals surface area contributed by atoms with E-state index in [0.29, 0.717) is 23.4 Å². The predicted molar refractivity (Wildman–Crippen MR) is 98.7 cm³/mol. The Bertz CT molecular complexity index is 751. The molecule has 1 N–H and O–H groups in total. The van der Waals surface area contributed by atoms with Crippen LogP contribution in [0.3, 0.4) is 0 Å². The SMILES string of the molecule is CC[C@@H]1CCCN(C(C)(C)CNC(=O)c2c(C)nn3cccnc23)C1. The molecule has 1 aliphatic rings. The molecule has 2 aromatic rings. The van der Waals surface area contributed by atoms with Gasteiger partial charge in [-0.05, 0) is 52.1 Å². The number of carbonyl (C=O) groups is 1. The standard InChI is InChI=1S/C19H29N5O/c1-5-15-8-6-10-23(12-15)19(3,4)13-21-18(25)16-14(2)22-24-11-7-9-20-17(16)24/h7,9,11,15H,5-6,8,10,12-13H2,1-4H3,(H,21,25)/t15-/m1/s1. The second-order valence-corrected chi connectivity index (χ2v) is 7.71. The first-order chi connectivity index (χ1) is 11.9. The fourth-order valence-corrected chi connectivity index (χ4v) is 3.71. The van der Waals surface area contributed by atoms with E-state index in [-0.39, 0.29) is 11.4 Å². The largest absolute Gasteiger partial charge is 0.350 e. The Balaban J connectivity index is 1.69. The molecule has 0 aliphatic carbocycles. The zero-order valence-corrected chi connectivity index (χ0v) is 15.7. The lowest BCUT2D eigenvalue weighted by Crippen LogP contribution is -2.54. The third kappa shape index (κ3) is 3.68. The van der Waals surface area contributed by atoms with Crippen LogP contribution in [-0.2, 0) is 0 Å². The van der Waals surface area contributed by atoms with Gasteiger partial charge in [-0.15, -0.1) is 0 Å². The fourth-order valence-electron chi connectivity index (χ4n) is 3.71. The summed E-state index contributed by atoms with van der Waals surface area (Å²) in [6.45, 7) is 11.4. The highest BCUT2D eigenvalue weighted by atomic mass is 16.1. The summed E-state index contributed by atoms with van der Waals surface area (Å²) in [5, 5.41) is 7.49. The fraction of sp³-hybridized carbons (Fsp3) is 0.632. The van der Waals surface area contributed by atoms with E-state index in [4.69, 9.17) is 0 Å². The molecule has 1 fully saturated rings. The molecule has 1 saturated heterocycles. The van der Waals surface area contributed by atoms with Gasteiger partial charge in [-0.25, -0.2) is 9.50 Å². The van der Waals surface area contributed by atoms with Gasteiger partial charge in [0.2, 0.25) is 0 Å². The molecule has 25 heavy (non-hydrogen) atoms. The number of carbonyl (C=O) groups excluding carboxylic acids is 1. The quantitative estimate of drug-likeness (QED) is 0.907. The van der Waals surface area contributed by atoms with Crippen molar-refractivity contribution < 1.29 is 4.79 Å². The number of nitrogens with one attached hydrogen (secondary N) is 1. The Morgan fingerprint density at radius 1 is 1.44 bits per heavy atom. The van der Waals surface area contributed by atoms with Crippen molar-refractivity contribution in [2.75, 3.05) is 19.6 Å². The summed E-state index contributed by atoms with van der Waals surface area (Å²) < 4.78 is 1.66. The van der Waals surface area contributed by atoms with Crippen LogP contribution in [0.1, 0.15) is 56.1 Å². The molecule has 6 nitrogen and oxygen atoms in total. The van der Waals surface area contributed by atoms with E-state index in [0.717, 1.165) is 19.0 Å². The first-order valence-corrected chi connectivity index (χ1v) is 9.25. The molecule has 3 rings (SSSR count). The average Bonchev–Trinajstić information content (AvgIpc) is 2.95. The van der Waals surface area contributed by atoms with Crippen LogP contribution in [0.2, 0.25) is 0 Å². The van der Waals surface area contributed by atoms with E-state index in [1.807, 2.05) is 19.2 Å². The van der Waals surface area contributed by atoms with Gasteiger partial charge in [0.1, 0.15) is 5.56 Å². The molecule has 136 valence electrons. The van der Waals surface area contributed by atoms with Gasteiger partial charge in [-0.2, -0.15) is 5.10 Å². The minimum absolute atomic E-state index is 0.0617. The summed E-state index contributed by atoms with van der Waals surface area (Å²) in [4.78, 5) is 19.6. The van der Waals surface area contributed by atoms with Crippen molar-refractivity contribution in [1.29, 1.82) is 0 Å². The first-order valence-electron chi connectivity index (χ1n) is 9.25. The lowest BCUT2D eigenvalue weighted by atomic mass is 9.91. The first kappa shape index (κ1) is 17.9. The van der Waals surface area contributed by atoms with Gasteiger partial charge in [0.15, 0.2) is 5.65 Å². The Morgan fingerprint density at radius 2 is 2.24 bits per heavy atom. The van der Waals surface area contributed by atoms with E-state index in [1.54, 1.807) is 10.7 Å². The lowest BCUT2D eigenvalue weighted by molar-refractivity contribution is 0.0612. The summed E-state index contributed by atoms with van der Waals surface area (Å²) in [6.07, 6.45) is 7.30. The molecular weight excluding hydrogens is 314 g/mol. The van der Waals surface area contributed by atoms with Gasteiger partial charge >= 0.3 is 0 Å². The van der Waals surface area contributed by atoms with E-state index in [9.17, 15) is 4.79 Å². The second-order valence-electron chi connectivity index (χ2n) is 7.71. The molecule has 0 saturated carbocycles. The number of nitrogens with zero attached hydrogens (tertiary/aromatic N) is 4. The van der Waals surface area contributed by atoms with Gasteiger partial charge in [0, 0.05) is 31.0 Å². The Labute approximate surface area is 149 Å². The number of hydrogen-bond acceptors (Lipinski definition) is 4. The van der Waals surface area contributed by atoms with Crippen LogP contribution in [0.4, 0.5) is 0 Å². The normalized spacial score (nSPS) is 19.3. The van der Waals surface area contributed by atoms with Crippen LogP contribution in [0.5, 0.6) is 0 Å². The highest BCUT2D eigenvalue weighted by molar-refractivity contribution is 6.01. The van der Waals surface area contributed by atoms with E-state index in [1.165, 1.54) is 19.3 Å². The molecule has 1 amide bonds. The molecule has 6 heteroatoms. The molecule has 0 radical (unpaired) electrons. The summed E-state index contributed by atoms with van der Waals surface area (Å²) in [5.41, 5.74) is 1.83. The van der Waals surface area contributed by atoms with E-state index < -0.39 is 0 Å². The van der Waals surface area contributed by atoms with Gasteiger partial charge in [-0.1, -0.05) is 13.3 Å². The van der Waals surface area contributed by atoms with Crippen LogP contribution in [0.15, 0.2) is 18.5 Å². The number of piperidine rings is 1. The van der Waals surface area contributed by atoms with Crippen LogP contribution >= 0.6 is 0 Å². The number of rotatable bonds is 5. The molecular formula is C19H29N5O. The Kier molecular flexibility index (Phi) is 5.08. The van der Waals surface area contributed by atoms with Crippen LogP contribution in [-0.4, -0.2) is 50.6 Å². The molecule has 1 aliphatic heterocycles. The zero-order chi connectivity index (χ0) is 18.0. The zero-order valence-electron chi connectivity index (χ0n) is 15.7. The molecule has 2 aromatic heterocycles. The average molecular weight is 343 g/mol. The summed E-state index contributed by atoms with van der Waals surface area (Å²) in [7, 11) is 0. The Morgan fingerprint density at radius 3 is 3.00 bits per heavy atom. The third-order valence-electron chi connectivity index (χ3n) is 5.43. The van der Waals surface area contributed by atoms with Gasteiger partial charge < -0.3 is 5.32 Å². The highest BCUT2D eigenvalue weighted by Crippen LogP contribution is 2.25. The van der Waals surface area contributed by atoms with E-state index in [2.05, 4.69) is 41.1 Å². The molecule has 0 spiro atoms. The van der Waals surface area contributed by atoms with Gasteiger partial charge in [-0.3, -0.25) is 9.69 Å². The molecule has 0 bridgehead atoms. The number of aryl methyl sites for hydroxylation is 1. The van der Waals surface area contributed by atoms with Crippen molar-refractivity contribution in [3.8, 4) is 0 Å².